The van der Waals surface area contributed by atoms with Gasteiger partial charge in [-0.2, -0.15) is 18.3 Å². The monoisotopic (exact) mass is 522 g/mol. The smallest absolute Gasteiger partial charge is 0.435 e. The number of aryl methyl sites for hydroxylation is 1. The molecule has 10 heteroatoms. The Hall–Kier alpha value is -4.21. The van der Waals surface area contributed by atoms with Crippen molar-refractivity contribution in [3.8, 4) is 17.1 Å². The zero-order chi connectivity index (χ0) is 26.7. The highest BCUT2D eigenvalue weighted by molar-refractivity contribution is 5.95. The Bertz CT molecular complexity index is 1430. The van der Waals surface area contributed by atoms with E-state index >= 15 is 0 Å². The lowest BCUT2D eigenvalue weighted by Gasteiger charge is -2.19. The standard InChI is InChI=1S/C28H25F3N4O3/c29-28(30,31)25-21(17-35(34-25)20-10-5-2-6-11-20)26(37)32-15-7-12-23(36)19-13-14-22-24(16-19)38-27(33-22)18-8-3-1-4-9-18/h1-6,8-11,17,19H,7,12-16H2,(H,32,37). The fourth-order valence-electron chi connectivity index (χ4n) is 4.58. The number of carbonyl (C=O) groups is 2. The first kappa shape index (κ1) is 25.4. The first-order valence-corrected chi connectivity index (χ1v) is 12.4. The van der Waals surface area contributed by atoms with Crippen LogP contribution < -0.4 is 5.32 Å². The number of Topliss-reactive ketones (excluding diaryl/α,β-unsaturated/α-hetero) is 1. The number of ketones is 1. The minimum Gasteiger partial charge on any atom is -0.441 e. The fourth-order valence-corrected chi connectivity index (χ4v) is 4.58. The van der Waals surface area contributed by atoms with Gasteiger partial charge in [0.05, 0.1) is 16.9 Å². The van der Waals surface area contributed by atoms with Gasteiger partial charge in [-0.3, -0.25) is 9.59 Å². The quantitative estimate of drug-likeness (QED) is 0.312. The number of carbonyl (C=O) groups excluding carboxylic acids is 2. The number of amides is 1. The van der Waals surface area contributed by atoms with Gasteiger partial charge in [0.15, 0.2) is 5.69 Å². The molecule has 0 bridgehead atoms. The van der Waals surface area contributed by atoms with E-state index in [1.54, 1.807) is 30.3 Å². The van der Waals surface area contributed by atoms with Gasteiger partial charge < -0.3 is 9.73 Å². The molecule has 1 atom stereocenters. The molecule has 2 aromatic carbocycles. The number of hydrogen-bond donors (Lipinski definition) is 1. The SMILES string of the molecule is O=C(NCCCC(=O)C1CCc2nc(-c3ccccc3)oc2C1)c1cn(-c2ccccc2)nc1C(F)(F)F. The number of nitrogens with one attached hydrogen (secondary N) is 1. The molecule has 1 amide bonds. The highest BCUT2D eigenvalue weighted by Gasteiger charge is 2.39. The van der Waals surface area contributed by atoms with Crippen LogP contribution in [0.1, 0.15) is 46.8 Å². The van der Waals surface area contributed by atoms with Crippen molar-refractivity contribution in [2.45, 2.75) is 38.3 Å². The summed E-state index contributed by atoms with van der Waals surface area (Å²) in [7, 11) is 0. The molecule has 1 aliphatic rings. The van der Waals surface area contributed by atoms with E-state index in [1.807, 2.05) is 30.3 Å². The van der Waals surface area contributed by atoms with E-state index in [1.165, 1.54) is 0 Å². The van der Waals surface area contributed by atoms with Crippen molar-refractivity contribution in [3.63, 3.8) is 0 Å². The van der Waals surface area contributed by atoms with E-state index in [0.29, 0.717) is 37.3 Å². The minimum atomic E-state index is -4.79. The van der Waals surface area contributed by atoms with Gasteiger partial charge in [0.1, 0.15) is 11.5 Å². The van der Waals surface area contributed by atoms with Crippen molar-refractivity contribution in [1.29, 1.82) is 0 Å². The second-order valence-corrected chi connectivity index (χ2v) is 9.19. The van der Waals surface area contributed by atoms with Crippen LogP contribution in [-0.4, -0.2) is 33.0 Å². The molecule has 0 aliphatic heterocycles. The van der Waals surface area contributed by atoms with Gasteiger partial charge in [0.25, 0.3) is 5.91 Å². The minimum absolute atomic E-state index is 0.0374. The molecule has 0 saturated heterocycles. The number of aromatic nitrogens is 3. The lowest BCUT2D eigenvalue weighted by atomic mass is 9.85. The van der Waals surface area contributed by atoms with Gasteiger partial charge in [-0.25, -0.2) is 9.67 Å². The van der Waals surface area contributed by atoms with Crippen LogP contribution in [0.2, 0.25) is 0 Å². The lowest BCUT2D eigenvalue weighted by molar-refractivity contribution is -0.141. The zero-order valence-electron chi connectivity index (χ0n) is 20.4. The van der Waals surface area contributed by atoms with Gasteiger partial charge in [-0.1, -0.05) is 36.4 Å². The highest BCUT2D eigenvalue weighted by atomic mass is 19.4. The summed E-state index contributed by atoms with van der Waals surface area (Å²) in [5.74, 6) is 0.201. The normalized spacial score (nSPS) is 15.2. The van der Waals surface area contributed by atoms with Crippen LogP contribution in [0.15, 0.2) is 71.3 Å². The molecule has 1 unspecified atom stereocenters. The van der Waals surface area contributed by atoms with Crippen LogP contribution in [0.5, 0.6) is 0 Å². The summed E-state index contributed by atoms with van der Waals surface area (Å²) in [6.45, 7) is 0.0663. The van der Waals surface area contributed by atoms with Crippen molar-refractivity contribution >= 4 is 11.7 Å². The van der Waals surface area contributed by atoms with Gasteiger partial charge in [-0.15, -0.1) is 0 Å². The first-order valence-electron chi connectivity index (χ1n) is 12.4. The second kappa shape index (κ2) is 10.6. The van der Waals surface area contributed by atoms with Gasteiger partial charge in [0, 0.05) is 37.1 Å². The molecule has 7 nitrogen and oxygen atoms in total. The topological polar surface area (TPSA) is 90.0 Å². The molecule has 1 aliphatic carbocycles. The lowest BCUT2D eigenvalue weighted by Crippen LogP contribution is -2.28. The van der Waals surface area contributed by atoms with Crippen molar-refractivity contribution in [2.24, 2.45) is 5.92 Å². The molecule has 1 N–H and O–H groups in total. The number of hydrogen-bond acceptors (Lipinski definition) is 5. The summed E-state index contributed by atoms with van der Waals surface area (Å²) in [4.78, 5) is 30.0. The summed E-state index contributed by atoms with van der Waals surface area (Å²) < 4.78 is 47.6. The summed E-state index contributed by atoms with van der Waals surface area (Å²) in [6, 6.07) is 17.8. The number of rotatable bonds is 8. The number of halogens is 3. The Kier molecular flexibility index (Phi) is 7.13. The molecule has 0 fully saturated rings. The molecule has 5 rings (SSSR count). The zero-order valence-corrected chi connectivity index (χ0v) is 20.4. The average Bonchev–Trinajstić information content (AvgIpc) is 3.57. The third kappa shape index (κ3) is 5.53. The predicted molar refractivity (Wildman–Crippen MR) is 133 cm³/mol. The van der Waals surface area contributed by atoms with Crippen LogP contribution in [0, 0.1) is 5.92 Å². The van der Waals surface area contributed by atoms with Crippen molar-refractivity contribution in [2.75, 3.05) is 6.54 Å². The van der Waals surface area contributed by atoms with Crippen LogP contribution in [-0.2, 0) is 23.8 Å². The summed E-state index contributed by atoms with van der Waals surface area (Å²) in [6.07, 6.45) is -1.43. The molecular weight excluding hydrogens is 497 g/mol. The number of nitrogens with zero attached hydrogens (tertiary/aromatic N) is 3. The molecule has 2 aromatic heterocycles. The van der Waals surface area contributed by atoms with Crippen LogP contribution in [0.4, 0.5) is 13.2 Å². The van der Waals surface area contributed by atoms with Crippen molar-refractivity contribution in [1.82, 2.24) is 20.1 Å². The first-order chi connectivity index (χ1) is 18.3. The number of benzene rings is 2. The van der Waals surface area contributed by atoms with Gasteiger partial charge in [-0.05, 0) is 43.5 Å². The second-order valence-electron chi connectivity index (χ2n) is 9.19. The molecule has 0 spiro atoms. The maximum absolute atomic E-state index is 13.5. The van der Waals surface area contributed by atoms with Gasteiger partial charge >= 0.3 is 6.18 Å². The molecule has 2 heterocycles. The van der Waals surface area contributed by atoms with Crippen LogP contribution in [0.3, 0.4) is 0 Å². The van der Waals surface area contributed by atoms with Crippen LogP contribution >= 0.6 is 0 Å². The molecule has 0 saturated carbocycles. The van der Waals surface area contributed by atoms with E-state index in [2.05, 4.69) is 15.4 Å². The third-order valence-electron chi connectivity index (χ3n) is 6.55. The van der Waals surface area contributed by atoms with Crippen molar-refractivity contribution in [3.05, 3.63) is 89.6 Å². The number of fused-ring (bicyclic) bond motifs is 1. The Morgan fingerprint density at radius 3 is 2.47 bits per heavy atom. The van der Waals surface area contributed by atoms with Crippen LogP contribution in [0.25, 0.3) is 17.1 Å². The third-order valence-corrected chi connectivity index (χ3v) is 6.55. The van der Waals surface area contributed by atoms with E-state index in [9.17, 15) is 22.8 Å². The number of oxazole rings is 1. The molecular formula is C28H25F3N4O3. The number of para-hydroxylation sites is 1. The Morgan fingerprint density at radius 1 is 1.05 bits per heavy atom. The van der Waals surface area contributed by atoms with E-state index in [4.69, 9.17) is 4.42 Å². The highest BCUT2D eigenvalue weighted by Crippen LogP contribution is 2.32. The molecule has 4 aromatic rings. The summed E-state index contributed by atoms with van der Waals surface area (Å²) in [5.41, 5.74) is 0.336. The van der Waals surface area contributed by atoms with Crippen molar-refractivity contribution < 1.29 is 27.2 Å². The molecule has 0 radical (unpaired) electrons. The van der Waals surface area contributed by atoms with Gasteiger partial charge in [0.2, 0.25) is 5.89 Å². The maximum atomic E-state index is 13.5. The molecule has 196 valence electrons. The maximum Gasteiger partial charge on any atom is 0.435 e. The van der Waals surface area contributed by atoms with E-state index in [0.717, 1.165) is 27.9 Å². The largest absolute Gasteiger partial charge is 0.441 e. The number of alkyl halides is 3. The fraction of sp³-hybridized carbons (Fsp3) is 0.286. The average molecular weight is 523 g/mol. The molecule has 38 heavy (non-hydrogen) atoms. The van der Waals surface area contributed by atoms with E-state index < -0.39 is 23.3 Å². The Morgan fingerprint density at radius 2 is 1.76 bits per heavy atom. The Labute approximate surface area is 216 Å². The van der Waals surface area contributed by atoms with E-state index in [-0.39, 0.29) is 24.7 Å². The summed E-state index contributed by atoms with van der Waals surface area (Å²) >= 11 is 0. The Balaban J connectivity index is 1.15. The predicted octanol–water partition coefficient (Wildman–Crippen LogP) is 5.43. The summed E-state index contributed by atoms with van der Waals surface area (Å²) in [5, 5.41) is 6.09.